The third-order valence-corrected chi connectivity index (χ3v) is 3.41. The van der Waals surface area contributed by atoms with E-state index in [1.165, 1.54) is 0 Å². The van der Waals surface area contributed by atoms with Gasteiger partial charge in [-0.1, -0.05) is 12.1 Å². The molecule has 0 saturated carbocycles. The average molecular weight is 295 g/mol. The minimum absolute atomic E-state index is 0.0745. The molecule has 6 heteroatoms. The third-order valence-electron chi connectivity index (χ3n) is 3.41. The zero-order valence-corrected chi connectivity index (χ0v) is 12.7. The Morgan fingerprint density at radius 1 is 1.05 bits per heavy atom. The predicted molar refractivity (Wildman–Crippen MR) is 84.9 cm³/mol. The molecule has 6 nitrogen and oxygen atoms in total. The van der Waals surface area contributed by atoms with Gasteiger partial charge in [0.1, 0.15) is 17.1 Å². The van der Waals surface area contributed by atoms with Gasteiger partial charge in [-0.3, -0.25) is 0 Å². The summed E-state index contributed by atoms with van der Waals surface area (Å²) in [6.45, 7) is 3.92. The highest BCUT2D eigenvalue weighted by Crippen LogP contribution is 2.23. The summed E-state index contributed by atoms with van der Waals surface area (Å²) in [4.78, 5) is 17.3. The molecule has 112 valence electrons. The molecule has 1 atom stereocenters. The van der Waals surface area contributed by atoms with Crippen LogP contribution in [0.1, 0.15) is 24.4 Å². The lowest BCUT2D eigenvalue weighted by molar-refractivity contribution is 0.414. The summed E-state index contributed by atoms with van der Waals surface area (Å²) in [5.74, 6) is 2.20. The van der Waals surface area contributed by atoms with Gasteiger partial charge in [-0.05, 0) is 31.5 Å². The quantitative estimate of drug-likeness (QED) is 0.798. The Labute approximate surface area is 128 Å². The molecule has 0 aliphatic carbocycles. The molecule has 3 aromatic rings. The van der Waals surface area contributed by atoms with Crippen LogP contribution in [-0.4, -0.2) is 27.0 Å². The Morgan fingerprint density at radius 3 is 2.50 bits per heavy atom. The summed E-state index contributed by atoms with van der Waals surface area (Å²) in [5.41, 5.74) is 2.40. The van der Waals surface area contributed by atoms with Crippen LogP contribution >= 0.6 is 0 Å². The molecule has 0 bridgehead atoms. The number of benzene rings is 1. The van der Waals surface area contributed by atoms with Crippen molar-refractivity contribution in [2.45, 2.75) is 19.9 Å². The SMILES string of the molecule is COc1ccc(C(C)Nc2nc(C)nc3nccnc23)cc1. The van der Waals surface area contributed by atoms with Gasteiger partial charge < -0.3 is 10.1 Å². The van der Waals surface area contributed by atoms with Crippen molar-refractivity contribution in [2.24, 2.45) is 0 Å². The van der Waals surface area contributed by atoms with Gasteiger partial charge in [-0.15, -0.1) is 0 Å². The molecular formula is C16H17N5O. The topological polar surface area (TPSA) is 72.8 Å². The lowest BCUT2D eigenvalue weighted by atomic mass is 10.1. The van der Waals surface area contributed by atoms with Crippen LogP contribution < -0.4 is 10.1 Å². The van der Waals surface area contributed by atoms with Gasteiger partial charge >= 0.3 is 0 Å². The molecule has 1 aromatic carbocycles. The lowest BCUT2D eigenvalue weighted by Crippen LogP contribution is -2.10. The average Bonchev–Trinajstić information content (AvgIpc) is 2.54. The number of hydrogen-bond acceptors (Lipinski definition) is 6. The smallest absolute Gasteiger partial charge is 0.183 e. The number of anilines is 1. The van der Waals surface area contributed by atoms with E-state index in [-0.39, 0.29) is 6.04 Å². The van der Waals surface area contributed by atoms with Crippen LogP contribution in [-0.2, 0) is 0 Å². The van der Waals surface area contributed by atoms with Crippen molar-refractivity contribution >= 4 is 17.0 Å². The second kappa shape index (κ2) is 5.93. The molecule has 0 amide bonds. The molecule has 0 radical (unpaired) electrons. The summed E-state index contributed by atoms with van der Waals surface area (Å²) in [7, 11) is 1.66. The number of aryl methyl sites for hydroxylation is 1. The summed E-state index contributed by atoms with van der Waals surface area (Å²) in [6.07, 6.45) is 3.27. The fourth-order valence-electron chi connectivity index (χ4n) is 2.25. The summed E-state index contributed by atoms with van der Waals surface area (Å²) < 4.78 is 5.18. The van der Waals surface area contributed by atoms with Crippen LogP contribution in [0.2, 0.25) is 0 Å². The fourth-order valence-corrected chi connectivity index (χ4v) is 2.25. The number of ether oxygens (including phenoxy) is 1. The molecule has 3 rings (SSSR count). The number of rotatable bonds is 4. The molecule has 0 fully saturated rings. The standard InChI is InChI=1S/C16H17N5O/c1-10(12-4-6-13(22-3)7-5-12)19-16-14-15(18-9-8-17-14)20-11(2)21-16/h4-10H,1-3H3,(H,18,19,20,21). The normalized spacial score (nSPS) is 12.1. The minimum Gasteiger partial charge on any atom is -0.497 e. The molecule has 0 saturated heterocycles. The second-order valence-corrected chi connectivity index (χ2v) is 4.99. The minimum atomic E-state index is 0.0745. The second-order valence-electron chi connectivity index (χ2n) is 4.99. The maximum absolute atomic E-state index is 5.18. The van der Waals surface area contributed by atoms with Crippen LogP contribution in [0.25, 0.3) is 11.2 Å². The molecule has 1 N–H and O–H groups in total. The Morgan fingerprint density at radius 2 is 1.77 bits per heavy atom. The van der Waals surface area contributed by atoms with Crippen LogP contribution in [0.15, 0.2) is 36.7 Å². The van der Waals surface area contributed by atoms with Crippen molar-refractivity contribution in [1.82, 2.24) is 19.9 Å². The molecule has 0 spiro atoms. The van der Waals surface area contributed by atoms with E-state index >= 15 is 0 Å². The van der Waals surface area contributed by atoms with E-state index in [4.69, 9.17) is 4.74 Å². The maximum atomic E-state index is 5.18. The van der Waals surface area contributed by atoms with Crippen LogP contribution in [0, 0.1) is 6.92 Å². The van der Waals surface area contributed by atoms with Crippen molar-refractivity contribution in [3.05, 3.63) is 48.0 Å². The Kier molecular flexibility index (Phi) is 3.82. The van der Waals surface area contributed by atoms with Crippen molar-refractivity contribution < 1.29 is 4.74 Å². The summed E-state index contributed by atoms with van der Waals surface area (Å²) in [5, 5.41) is 3.39. The van der Waals surface area contributed by atoms with Crippen LogP contribution in [0.3, 0.4) is 0 Å². The first-order valence-corrected chi connectivity index (χ1v) is 7.03. The van der Waals surface area contributed by atoms with Crippen molar-refractivity contribution in [3.8, 4) is 5.75 Å². The first-order valence-electron chi connectivity index (χ1n) is 7.03. The zero-order valence-electron chi connectivity index (χ0n) is 12.7. The van der Waals surface area contributed by atoms with E-state index in [1.807, 2.05) is 31.2 Å². The third kappa shape index (κ3) is 2.81. The molecule has 2 heterocycles. The van der Waals surface area contributed by atoms with Gasteiger partial charge in [-0.25, -0.2) is 19.9 Å². The monoisotopic (exact) mass is 295 g/mol. The highest BCUT2D eigenvalue weighted by molar-refractivity contribution is 5.82. The largest absolute Gasteiger partial charge is 0.497 e. The number of aromatic nitrogens is 4. The van der Waals surface area contributed by atoms with E-state index in [2.05, 4.69) is 32.2 Å². The van der Waals surface area contributed by atoms with Crippen LogP contribution in [0.4, 0.5) is 5.82 Å². The summed E-state index contributed by atoms with van der Waals surface area (Å²) >= 11 is 0. The maximum Gasteiger partial charge on any atom is 0.183 e. The predicted octanol–water partition coefficient (Wildman–Crippen LogP) is 2.91. The number of hydrogen-bond donors (Lipinski definition) is 1. The van der Waals surface area contributed by atoms with Crippen molar-refractivity contribution in [1.29, 1.82) is 0 Å². The Balaban J connectivity index is 1.91. The van der Waals surface area contributed by atoms with Crippen molar-refractivity contribution in [2.75, 3.05) is 12.4 Å². The van der Waals surface area contributed by atoms with Gasteiger partial charge in [-0.2, -0.15) is 0 Å². The first-order chi connectivity index (χ1) is 10.7. The zero-order chi connectivity index (χ0) is 15.5. The highest BCUT2D eigenvalue weighted by atomic mass is 16.5. The Bertz CT molecular complexity index is 788. The van der Waals surface area contributed by atoms with E-state index in [0.717, 1.165) is 11.3 Å². The van der Waals surface area contributed by atoms with E-state index in [9.17, 15) is 0 Å². The van der Waals surface area contributed by atoms with Gasteiger partial charge in [0.25, 0.3) is 0 Å². The van der Waals surface area contributed by atoms with E-state index in [1.54, 1.807) is 19.5 Å². The molecule has 0 aliphatic rings. The number of nitrogens with zero attached hydrogens (tertiary/aromatic N) is 4. The number of nitrogens with one attached hydrogen (secondary N) is 1. The summed E-state index contributed by atoms with van der Waals surface area (Å²) in [6, 6.07) is 8.01. The van der Waals surface area contributed by atoms with Gasteiger partial charge in [0.2, 0.25) is 0 Å². The first kappa shape index (κ1) is 14.2. The molecular weight excluding hydrogens is 278 g/mol. The van der Waals surface area contributed by atoms with Gasteiger partial charge in [0.15, 0.2) is 11.5 Å². The van der Waals surface area contributed by atoms with Gasteiger partial charge in [0, 0.05) is 12.4 Å². The number of methoxy groups -OCH3 is 1. The number of fused-ring (bicyclic) bond motifs is 1. The van der Waals surface area contributed by atoms with Gasteiger partial charge in [0.05, 0.1) is 13.2 Å². The fraction of sp³-hybridized carbons (Fsp3) is 0.250. The van der Waals surface area contributed by atoms with Crippen molar-refractivity contribution in [3.63, 3.8) is 0 Å². The Hall–Kier alpha value is -2.76. The molecule has 1 unspecified atom stereocenters. The molecule has 0 aliphatic heterocycles. The van der Waals surface area contributed by atoms with E-state index < -0.39 is 0 Å². The lowest BCUT2D eigenvalue weighted by Gasteiger charge is -2.16. The molecule has 22 heavy (non-hydrogen) atoms. The highest BCUT2D eigenvalue weighted by Gasteiger charge is 2.12. The van der Waals surface area contributed by atoms with Crippen LogP contribution in [0.5, 0.6) is 5.75 Å². The van der Waals surface area contributed by atoms with E-state index in [0.29, 0.717) is 22.8 Å². The molecule has 2 aromatic heterocycles.